The van der Waals surface area contributed by atoms with Gasteiger partial charge in [0.25, 0.3) is 11.9 Å². The molecular weight excluding hydrogens is 276 g/mol. The van der Waals surface area contributed by atoms with Crippen molar-refractivity contribution in [3.63, 3.8) is 0 Å². The number of carbonyl (C=O) groups is 1. The van der Waals surface area contributed by atoms with E-state index in [-0.39, 0.29) is 11.9 Å². The van der Waals surface area contributed by atoms with Gasteiger partial charge >= 0.3 is 0 Å². The Hall–Kier alpha value is -1.83. The molecule has 0 atom stereocenters. The summed E-state index contributed by atoms with van der Waals surface area (Å²) < 4.78 is 0.469. The van der Waals surface area contributed by atoms with Gasteiger partial charge in [-0.15, -0.1) is 5.10 Å². The van der Waals surface area contributed by atoms with Crippen LogP contribution in [-0.4, -0.2) is 31.1 Å². The first-order valence-corrected chi connectivity index (χ1v) is 5.12. The number of carbonyl (C=O) groups excluding carboxylic acids is 1. The smallest absolute Gasteiger partial charge is 0.270 e. The standard InChI is InChI=1S/C8H7BrN6O/c1-15-13-8(12-14-15)11-7(16)5-3-2-4-10-6(5)9/h2-4H,1H3,(H,11,13,16). The quantitative estimate of drug-likeness (QED) is 0.816. The molecule has 1 N–H and O–H groups in total. The number of aromatic nitrogens is 5. The number of rotatable bonds is 2. The van der Waals surface area contributed by atoms with Crippen molar-refractivity contribution in [1.29, 1.82) is 0 Å². The van der Waals surface area contributed by atoms with E-state index in [1.165, 1.54) is 4.80 Å². The fraction of sp³-hybridized carbons (Fsp3) is 0.125. The van der Waals surface area contributed by atoms with Gasteiger partial charge in [-0.2, -0.15) is 4.80 Å². The van der Waals surface area contributed by atoms with Gasteiger partial charge < -0.3 is 0 Å². The zero-order valence-corrected chi connectivity index (χ0v) is 9.84. The van der Waals surface area contributed by atoms with Crippen molar-refractivity contribution in [2.75, 3.05) is 5.32 Å². The first kappa shape index (κ1) is 10.7. The Morgan fingerprint density at radius 2 is 2.38 bits per heavy atom. The number of hydrogen-bond donors (Lipinski definition) is 1. The van der Waals surface area contributed by atoms with E-state index in [1.54, 1.807) is 25.4 Å². The highest BCUT2D eigenvalue weighted by molar-refractivity contribution is 9.10. The number of tetrazole rings is 1. The van der Waals surface area contributed by atoms with Crippen molar-refractivity contribution in [2.24, 2.45) is 7.05 Å². The summed E-state index contributed by atoms with van der Waals surface area (Å²) in [5.74, 6) is -0.184. The molecule has 0 bridgehead atoms. The Bertz CT molecular complexity index is 525. The lowest BCUT2D eigenvalue weighted by Crippen LogP contribution is -2.14. The third kappa shape index (κ3) is 2.22. The number of amides is 1. The molecule has 2 aromatic heterocycles. The molecule has 0 saturated heterocycles. The maximum Gasteiger partial charge on any atom is 0.270 e. The summed E-state index contributed by atoms with van der Waals surface area (Å²) in [7, 11) is 1.61. The van der Waals surface area contributed by atoms with E-state index in [2.05, 4.69) is 41.6 Å². The van der Waals surface area contributed by atoms with Gasteiger partial charge in [0, 0.05) is 6.20 Å². The third-order valence-corrected chi connectivity index (χ3v) is 2.37. The lowest BCUT2D eigenvalue weighted by Gasteiger charge is -2.01. The number of anilines is 1. The molecule has 7 nitrogen and oxygen atoms in total. The van der Waals surface area contributed by atoms with Crippen LogP contribution in [0.2, 0.25) is 0 Å². The van der Waals surface area contributed by atoms with Crippen LogP contribution in [0.3, 0.4) is 0 Å². The summed E-state index contributed by atoms with van der Waals surface area (Å²) in [6.45, 7) is 0. The molecule has 0 spiro atoms. The van der Waals surface area contributed by atoms with Gasteiger partial charge in [-0.3, -0.25) is 10.1 Å². The molecular formula is C8H7BrN6O. The summed E-state index contributed by atoms with van der Waals surface area (Å²) in [5, 5.41) is 13.6. The maximum atomic E-state index is 11.7. The van der Waals surface area contributed by atoms with Crippen molar-refractivity contribution < 1.29 is 4.79 Å². The fourth-order valence-electron chi connectivity index (χ4n) is 1.06. The van der Waals surface area contributed by atoms with E-state index < -0.39 is 0 Å². The molecule has 8 heteroatoms. The second-order valence-corrected chi connectivity index (χ2v) is 3.65. The highest BCUT2D eigenvalue weighted by Crippen LogP contribution is 2.13. The summed E-state index contributed by atoms with van der Waals surface area (Å²) in [6, 6.07) is 3.31. The minimum atomic E-state index is -0.340. The summed E-state index contributed by atoms with van der Waals surface area (Å²) in [6.07, 6.45) is 1.58. The fourth-order valence-corrected chi connectivity index (χ4v) is 1.49. The highest BCUT2D eigenvalue weighted by atomic mass is 79.9. The van der Waals surface area contributed by atoms with Crippen LogP contribution in [0.1, 0.15) is 10.4 Å². The van der Waals surface area contributed by atoms with E-state index in [0.717, 1.165) is 0 Å². The van der Waals surface area contributed by atoms with Crippen LogP contribution in [0.25, 0.3) is 0 Å². The van der Waals surface area contributed by atoms with Crippen molar-refractivity contribution in [3.8, 4) is 0 Å². The van der Waals surface area contributed by atoms with E-state index in [9.17, 15) is 4.79 Å². The van der Waals surface area contributed by atoms with Crippen molar-refractivity contribution >= 4 is 27.8 Å². The third-order valence-electron chi connectivity index (χ3n) is 1.74. The summed E-state index contributed by atoms with van der Waals surface area (Å²) in [5.41, 5.74) is 0.412. The Morgan fingerprint density at radius 3 is 3.00 bits per heavy atom. The van der Waals surface area contributed by atoms with Crippen LogP contribution in [0.15, 0.2) is 22.9 Å². The summed E-state index contributed by atoms with van der Waals surface area (Å²) >= 11 is 3.18. The highest BCUT2D eigenvalue weighted by Gasteiger charge is 2.12. The van der Waals surface area contributed by atoms with Gasteiger partial charge in [-0.1, -0.05) is 5.10 Å². The predicted molar refractivity (Wildman–Crippen MR) is 58.7 cm³/mol. The molecule has 0 radical (unpaired) electrons. The van der Waals surface area contributed by atoms with Crippen molar-refractivity contribution in [3.05, 3.63) is 28.5 Å². The molecule has 2 rings (SSSR count). The normalized spacial score (nSPS) is 10.1. The first-order valence-electron chi connectivity index (χ1n) is 4.32. The average Bonchev–Trinajstić information content (AvgIpc) is 2.64. The van der Waals surface area contributed by atoms with E-state index in [0.29, 0.717) is 10.2 Å². The van der Waals surface area contributed by atoms with Gasteiger partial charge in [0.2, 0.25) is 0 Å². The number of halogens is 1. The van der Waals surface area contributed by atoms with Crippen LogP contribution < -0.4 is 5.32 Å². The van der Waals surface area contributed by atoms with Crippen molar-refractivity contribution in [2.45, 2.75) is 0 Å². The van der Waals surface area contributed by atoms with Gasteiger partial charge in [-0.25, -0.2) is 4.98 Å². The SMILES string of the molecule is Cn1nnc(NC(=O)c2cccnc2Br)n1. The number of aryl methyl sites for hydroxylation is 1. The zero-order valence-electron chi connectivity index (χ0n) is 8.25. The molecule has 0 fully saturated rings. The van der Waals surface area contributed by atoms with Crippen LogP contribution in [-0.2, 0) is 7.05 Å². The lowest BCUT2D eigenvalue weighted by molar-refractivity contribution is 0.102. The van der Waals surface area contributed by atoms with Gasteiger partial charge in [0.05, 0.1) is 12.6 Å². The first-order chi connectivity index (χ1) is 7.66. The second-order valence-electron chi connectivity index (χ2n) is 2.90. The van der Waals surface area contributed by atoms with Crippen LogP contribution in [0.5, 0.6) is 0 Å². The minimum absolute atomic E-state index is 0.156. The molecule has 0 aliphatic rings. The van der Waals surface area contributed by atoms with Gasteiger partial charge in [0.1, 0.15) is 4.60 Å². The molecule has 16 heavy (non-hydrogen) atoms. The molecule has 0 saturated carbocycles. The Labute approximate surface area is 99.0 Å². The number of hydrogen-bond acceptors (Lipinski definition) is 5. The molecule has 82 valence electrons. The van der Waals surface area contributed by atoms with Crippen LogP contribution in [0.4, 0.5) is 5.95 Å². The van der Waals surface area contributed by atoms with Crippen LogP contribution >= 0.6 is 15.9 Å². The van der Waals surface area contributed by atoms with Crippen molar-refractivity contribution in [1.82, 2.24) is 25.2 Å². The predicted octanol–water partition coefficient (Wildman–Crippen LogP) is 0.620. The molecule has 0 aliphatic carbocycles. The molecule has 2 heterocycles. The number of pyridine rings is 1. The van der Waals surface area contributed by atoms with E-state index >= 15 is 0 Å². The van der Waals surface area contributed by atoms with Gasteiger partial charge in [-0.05, 0) is 33.3 Å². The maximum absolute atomic E-state index is 11.7. The van der Waals surface area contributed by atoms with Crippen LogP contribution in [0, 0.1) is 0 Å². The van der Waals surface area contributed by atoms with E-state index in [1.807, 2.05) is 0 Å². The lowest BCUT2D eigenvalue weighted by atomic mass is 10.3. The average molecular weight is 283 g/mol. The number of nitrogens with one attached hydrogen (secondary N) is 1. The Balaban J connectivity index is 2.18. The Kier molecular flexibility index (Phi) is 2.91. The largest absolute Gasteiger partial charge is 0.288 e. The monoisotopic (exact) mass is 282 g/mol. The molecule has 1 amide bonds. The number of nitrogens with zero attached hydrogens (tertiary/aromatic N) is 5. The summed E-state index contributed by atoms with van der Waals surface area (Å²) in [4.78, 5) is 16.9. The molecule has 0 unspecified atom stereocenters. The van der Waals surface area contributed by atoms with E-state index in [4.69, 9.17) is 0 Å². The molecule has 0 aliphatic heterocycles. The second kappa shape index (κ2) is 4.35. The Morgan fingerprint density at radius 1 is 1.56 bits per heavy atom. The minimum Gasteiger partial charge on any atom is -0.288 e. The zero-order chi connectivity index (χ0) is 11.5. The topological polar surface area (TPSA) is 85.6 Å². The molecule has 0 aromatic carbocycles. The molecule has 2 aromatic rings. The van der Waals surface area contributed by atoms with Gasteiger partial charge in [0.15, 0.2) is 0 Å².